The predicted molar refractivity (Wildman–Crippen MR) is 95.0 cm³/mol. The zero-order valence-electron chi connectivity index (χ0n) is 13.5. The maximum absolute atomic E-state index is 13.1. The van der Waals surface area contributed by atoms with E-state index in [-0.39, 0.29) is 17.4 Å². The fourth-order valence-electron chi connectivity index (χ4n) is 2.92. The number of carbonyl (C=O) groups is 1. The number of hydrogen-bond donors (Lipinski definition) is 1. The number of aryl methyl sites for hydroxylation is 1. The average Bonchev–Trinajstić information content (AvgIpc) is 3.25. The van der Waals surface area contributed by atoms with Crippen molar-refractivity contribution in [2.24, 2.45) is 7.05 Å². The van der Waals surface area contributed by atoms with Crippen molar-refractivity contribution in [1.29, 1.82) is 0 Å². The fourth-order valence-corrected chi connectivity index (χ4v) is 3.68. The quantitative estimate of drug-likeness (QED) is 0.756. The average molecular weight is 353 g/mol. The van der Waals surface area contributed by atoms with E-state index in [4.69, 9.17) is 5.73 Å². The highest BCUT2D eigenvalue weighted by atomic mass is 32.1. The first-order valence-electron chi connectivity index (χ1n) is 7.67. The number of rotatable bonds is 2. The van der Waals surface area contributed by atoms with Crippen LogP contribution in [0.1, 0.15) is 21.6 Å². The van der Waals surface area contributed by atoms with Gasteiger partial charge in [-0.15, -0.1) is 11.3 Å². The molecule has 1 amide bonds. The molecule has 3 aromatic heterocycles. The Labute approximate surface area is 147 Å². The summed E-state index contributed by atoms with van der Waals surface area (Å²) in [4.78, 5) is 35.9. The van der Waals surface area contributed by atoms with Crippen LogP contribution in [0.5, 0.6) is 0 Å². The highest BCUT2D eigenvalue weighted by molar-refractivity contribution is 7.13. The van der Waals surface area contributed by atoms with Gasteiger partial charge in [-0.3, -0.25) is 9.59 Å². The third kappa shape index (κ3) is 2.70. The van der Waals surface area contributed by atoms with E-state index in [9.17, 15) is 9.59 Å². The van der Waals surface area contributed by atoms with E-state index in [1.807, 2.05) is 17.5 Å². The molecule has 2 N–H and O–H groups in total. The lowest BCUT2D eigenvalue weighted by Gasteiger charge is -2.17. The second-order valence-corrected chi connectivity index (χ2v) is 6.84. The van der Waals surface area contributed by atoms with E-state index >= 15 is 0 Å². The molecule has 1 aliphatic heterocycles. The van der Waals surface area contributed by atoms with Crippen LogP contribution in [-0.2, 0) is 20.1 Å². The smallest absolute Gasteiger partial charge is 0.256 e. The molecule has 4 heterocycles. The van der Waals surface area contributed by atoms with Gasteiger partial charge in [0.2, 0.25) is 5.95 Å². The molecule has 3 aromatic rings. The lowest BCUT2D eigenvalue weighted by atomic mass is 10.1. The van der Waals surface area contributed by atoms with Gasteiger partial charge in [0.25, 0.3) is 11.5 Å². The van der Waals surface area contributed by atoms with Crippen LogP contribution < -0.4 is 11.3 Å². The molecular formula is C17H15N5O2S. The third-order valence-corrected chi connectivity index (χ3v) is 5.11. The predicted octanol–water partition coefficient (Wildman–Crippen LogP) is 1.64. The molecule has 0 bridgehead atoms. The van der Waals surface area contributed by atoms with Gasteiger partial charge < -0.3 is 15.2 Å². The molecule has 0 atom stereocenters. The van der Waals surface area contributed by atoms with Gasteiger partial charge >= 0.3 is 0 Å². The van der Waals surface area contributed by atoms with Gasteiger partial charge in [-0.1, -0.05) is 6.07 Å². The Bertz CT molecular complexity index is 1030. The molecule has 126 valence electrons. The zero-order valence-corrected chi connectivity index (χ0v) is 14.3. The van der Waals surface area contributed by atoms with E-state index in [0.717, 1.165) is 16.1 Å². The van der Waals surface area contributed by atoms with E-state index < -0.39 is 0 Å². The standard InChI is InChI=1S/C17H15N5O2S/c1-21-8-12(11(5-15(21)23)14-3-2-4-25-14)16(24)22-7-10-6-19-17(18)20-13(10)9-22/h2-6,8H,7,9H2,1H3,(H2,18,19,20). The van der Waals surface area contributed by atoms with Crippen LogP contribution >= 0.6 is 11.3 Å². The number of anilines is 1. The Morgan fingerprint density at radius 3 is 2.96 bits per heavy atom. The van der Waals surface area contributed by atoms with Crippen LogP contribution in [0, 0.1) is 0 Å². The molecule has 0 aliphatic carbocycles. The van der Waals surface area contributed by atoms with Crippen molar-refractivity contribution in [3.63, 3.8) is 0 Å². The fraction of sp³-hybridized carbons (Fsp3) is 0.176. The van der Waals surface area contributed by atoms with Gasteiger partial charge in [0.1, 0.15) is 0 Å². The Balaban J connectivity index is 1.74. The highest BCUT2D eigenvalue weighted by Crippen LogP contribution is 2.30. The van der Waals surface area contributed by atoms with Crippen LogP contribution in [-0.4, -0.2) is 25.3 Å². The summed E-state index contributed by atoms with van der Waals surface area (Å²) in [5, 5.41) is 1.92. The minimum atomic E-state index is -0.150. The van der Waals surface area contributed by atoms with E-state index in [1.165, 1.54) is 22.0 Å². The van der Waals surface area contributed by atoms with Gasteiger partial charge in [-0.25, -0.2) is 9.97 Å². The lowest BCUT2D eigenvalue weighted by Crippen LogP contribution is -2.28. The van der Waals surface area contributed by atoms with Gasteiger partial charge in [0.15, 0.2) is 0 Å². The summed E-state index contributed by atoms with van der Waals surface area (Å²) < 4.78 is 1.42. The van der Waals surface area contributed by atoms with Gasteiger partial charge in [0.05, 0.1) is 17.8 Å². The number of amides is 1. The number of aromatic nitrogens is 3. The van der Waals surface area contributed by atoms with E-state index in [0.29, 0.717) is 24.2 Å². The van der Waals surface area contributed by atoms with Crippen molar-refractivity contribution < 1.29 is 4.79 Å². The summed E-state index contributed by atoms with van der Waals surface area (Å²) in [5.41, 5.74) is 8.29. The molecule has 0 saturated carbocycles. The monoisotopic (exact) mass is 353 g/mol. The number of pyridine rings is 1. The van der Waals surface area contributed by atoms with Crippen LogP contribution in [0.2, 0.25) is 0 Å². The summed E-state index contributed by atoms with van der Waals surface area (Å²) >= 11 is 1.50. The number of nitrogens with zero attached hydrogens (tertiary/aromatic N) is 4. The minimum absolute atomic E-state index is 0.143. The van der Waals surface area contributed by atoms with Gasteiger partial charge in [0, 0.05) is 48.1 Å². The molecule has 1 aliphatic rings. The third-order valence-electron chi connectivity index (χ3n) is 4.21. The molecule has 0 spiro atoms. The van der Waals surface area contributed by atoms with Crippen molar-refractivity contribution in [2.45, 2.75) is 13.1 Å². The highest BCUT2D eigenvalue weighted by Gasteiger charge is 2.28. The molecule has 4 rings (SSSR count). The van der Waals surface area contributed by atoms with E-state index in [1.54, 1.807) is 24.3 Å². The Morgan fingerprint density at radius 1 is 1.36 bits per heavy atom. The number of thiophene rings is 1. The van der Waals surface area contributed by atoms with Crippen molar-refractivity contribution in [3.8, 4) is 10.4 Å². The second-order valence-electron chi connectivity index (χ2n) is 5.89. The molecule has 0 radical (unpaired) electrons. The first kappa shape index (κ1) is 15.5. The second kappa shape index (κ2) is 5.82. The van der Waals surface area contributed by atoms with Crippen molar-refractivity contribution >= 4 is 23.2 Å². The summed E-state index contributed by atoms with van der Waals surface area (Å²) in [6.45, 7) is 0.814. The van der Waals surface area contributed by atoms with Crippen molar-refractivity contribution in [3.05, 3.63) is 63.1 Å². The normalized spacial score (nSPS) is 13.1. The first-order chi connectivity index (χ1) is 12.0. The zero-order chi connectivity index (χ0) is 17.6. The number of nitrogens with two attached hydrogens (primary N) is 1. The van der Waals surface area contributed by atoms with Crippen LogP contribution in [0.3, 0.4) is 0 Å². The number of carbonyl (C=O) groups excluding carboxylic acids is 1. The molecule has 0 aromatic carbocycles. The largest absolute Gasteiger partial charge is 0.368 e. The lowest BCUT2D eigenvalue weighted by molar-refractivity contribution is 0.0750. The Hall–Kier alpha value is -3.00. The molecule has 0 unspecified atom stereocenters. The number of nitrogen functional groups attached to an aromatic ring is 1. The summed E-state index contributed by atoms with van der Waals surface area (Å²) in [7, 11) is 1.64. The maximum atomic E-state index is 13.1. The van der Waals surface area contributed by atoms with E-state index in [2.05, 4.69) is 9.97 Å². The van der Waals surface area contributed by atoms with Crippen LogP contribution in [0.15, 0.2) is 40.8 Å². The molecule has 0 saturated heterocycles. The van der Waals surface area contributed by atoms with Crippen LogP contribution in [0.25, 0.3) is 10.4 Å². The summed E-state index contributed by atoms with van der Waals surface area (Å²) in [5.74, 6) is 0.0602. The molecule has 25 heavy (non-hydrogen) atoms. The Morgan fingerprint density at radius 2 is 2.20 bits per heavy atom. The Kier molecular flexibility index (Phi) is 3.61. The maximum Gasteiger partial charge on any atom is 0.256 e. The van der Waals surface area contributed by atoms with Crippen molar-refractivity contribution in [1.82, 2.24) is 19.4 Å². The number of hydrogen-bond acceptors (Lipinski definition) is 6. The molecular weight excluding hydrogens is 338 g/mol. The number of fused-ring (bicyclic) bond motifs is 1. The summed E-state index contributed by atoms with van der Waals surface area (Å²) in [6, 6.07) is 5.32. The van der Waals surface area contributed by atoms with Gasteiger partial charge in [-0.05, 0) is 11.4 Å². The topological polar surface area (TPSA) is 94.1 Å². The van der Waals surface area contributed by atoms with Gasteiger partial charge in [-0.2, -0.15) is 0 Å². The first-order valence-corrected chi connectivity index (χ1v) is 8.55. The molecule has 7 nitrogen and oxygen atoms in total. The van der Waals surface area contributed by atoms with Crippen LogP contribution in [0.4, 0.5) is 5.95 Å². The SMILES string of the molecule is Cn1cc(C(=O)N2Cc3cnc(N)nc3C2)c(-c2cccs2)cc1=O. The molecule has 0 fully saturated rings. The van der Waals surface area contributed by atoms with Crippen molar-refractivity contribution in [2.75, 3.05) is 5.73 Å². The summed E-state index contributed by atoms with van der Waals surface area (Å²) in [6.07, 6.45) is 3.26. The molecule has 8 heteroatoms. The minimum Gasteiger partial charge on any atom is -0.368 e.